The predicted octanol–water partition coefficient (Wildman–Crippen LogP) is 5.71. The maximum atomic E-state index is 12.8. The molecule has 2 aromatic rings. The van der Waals surface area contributed by atoms with Gasteiger partial charge in [-0.3, -0.25) is 4.79 Å². The van der Waals surface area contributed by atoms with Gasteiger partial charge in [0.1, 0.15) is 0 Å². The molecule has 2 fully saturated rings. The van der Waals surface area contributed by atoms with Crippen molar-refractivity contribution < 1.29 is 4.79 Å². The summed E-state index contributed by atoms with van der Waals surface area (Å²) < 4.78 is 0. The Bertz CT molecular complexity index is 929. The van der Waals surface area contributed by atoms with Crippen LogP contribution in [0.1, 0.15) is 73.9 Å². The number of piperidine rings is 1. The smallest absolute Gasteiger partial charge is 0.253 e. The number of benzene rings is 2. The van der Waals surface area contributed by atoms with Crippen molar-refractivity contribution in [1.82, 2.24) is 10.2 Å². The fourth-order valence-electron chi connectivity index (χ4n) is 5.10. The molecule has 2 N–H and O–H groups in total. The molecule has 0 spiro atoms. The largest absolute Gasteiger partial charge is 0.382 e. The molecular weight excluding hydrogens is 394 g/mol. The first-order valence-electron chi connectivity index (χ1n) is 12.4. The lowest BCUT2D eigenvalue weighted by Gasteiger charge is -2.23. The standard InChI is InChI=1S/C28H37N3O/c1-3-31(4-2)28(32)23-14-12-21(13-15-23)27(22-16-18-29-19-17-22)24-8-7-11-26(20-24)30-25-9-5-6-10-25/h7-8,11-15,20,25,29-30H,3-6,9-10,16-19H2,1-2H3. The van der Waals surface area contributed by atoms with E-state index >= 15 is 0 Å². The van der Waals surface area contributed by atoms with Crippen molar-refractivity contribution >= 4 is 17.2 Å². The summed E-state index contributed by atoms with van der Waals surface area (Å²) in [7, 11) is 0. The van der Waals surface area contributed by atoms with Crippen LogP contribution in [0.3, 0.4) is 0 Å². The maximum absolute atomic E-state index is 12.8. The molecule has 2 aromatic carbocycles. The highest BCUT2D eigenvalue weighted by atomic mass is 16.2. The molecule has 4 nitrogen and oxygen atoms in total. The molecule has 4 heteroatoms. The van der Waals surface area contributed by atoms with Crippen molar-refractivity contribution in [2.24, 2.45) is 0 Å². The molecule has 170 valence electrons. The number of rotatable bonds is 7. The molecule has 32 heavy (non-hydrogen) atoms. The van der Waals surface area contributed by atoms with E-state index in [1.165, 1.54) is 53.6 Å². The first kappa shape index (κ1) is 22.6. The maximum Gasteiger partial charge on any atom is 0.253 e. The third-order valence-corrected chi connectivity index (χ3v) is 6.91. The predicted molar refractivity (Wildman–Crippen MR) is 134 cm³/mol. The van der Waals surface area contributed by atoms with Gasteiger partial charge < -0.3 is 15.5 Å². The van der Waals surface area contributed by atoms with Crippen molar-refractivity contribution in [2.45, 2.75) is 58.4 Å². The fourth-order valence-corrected chi connectivity index (χ4v) is 5.10. The summed E-state index contributed by atoms with van der Waals surface area (Å²) >= 11 is 0. The van der Waals surface area contributed by atoms with E-state index in [0.717, 1.165) is 44.6 Å². The van der Waals surface area contributed by atoms with Gasteiger partial charge in [-0.05, 0) is 93.6 Å². The molecule has 1 aliphatic heterocycles. The van der Waals surface area contributed by atoms with Crippen LogP contribution < -0.4 is 10.6 Å². The number of carbonyl (C=O) groups excluding carboxylic acids is 1. The lowest BCUT2D eigenvalue weighted by atomic mass is 9.88. The molecule has 1 aliphatic carbocycles. The normalized spacial score (nSPS) is 16.8. The summed E-state index contributed by atoms with van der Waals surface area (Å²) in [6.45, 7) is 7.58. The molecule has 0 bridgehead atoms. The highest BCUT2D eigenvalue weighted by Gasteiger charge is 2.18. The quantitative estimate of drug-likeness (QED) is 0.590. The van der Waals surface area contributed by atoms with Crippen LogP contribution in [0.5, 0.6) is 0 Å². The molecule has 0 atom stereocenters. The molecule has 1 amide bonds. The van der Waals surface area contributed by atoms with Crippen LogP contribution in [0.2, 0.25) is 0 Å². The molecule has 0 radical (unpaired) electrons. The van der Waals surface area contributed by atoms with E-state index in [2.05, 4.69) is 47.0 Å². The Hall–Kier alpha value is -2.59. The highest BCUT2D eigenvalue weighted by Crippen LogP contribution is 2.33. The number of hydrogen-bond donors (Lipinski definition) is 2. The van der Waals surface area contributed by atoms with E-state index in [4.69, 9.17) is 0 Å². The highest BCUT2D eigenvalue weighted by molar-refractivity contribution is 5.95. The second kappa shape index (κ2) is 10.8. The Morgan fingerprint density at radius 3 is 2.25 bits per heavy atom. The van der Waals surface area contributed by atoms with Gasteiger partial charge in [0.2, 0.25) is 0 Å². The fraction of sp³-hybridized carbons (Fsp3) is 0.464. The number of nitrogens with one attached hydrogen (secondary N) is 2. The third-order valence-electron chi connectivity index (χ3n) is 6.91. The van der Waals surface area contributed by atoms with E-state index in [9.17, 15) is 4.79 Å². The Morgan fingerprint density at radius 1 is 0.938 bits per heavy atom. The van der Waals surface area contributed by atoms with Crippen molar-refractivity contribution in [3.05, 3.63) is 70.8 Å². The molecule has 1 heterocycles. The lowest BCUT2D eigenvalue weighted by Crippen LogP contribution is -2.30. The second-order valence-electron chi connectivity index (χ2n) is 8.99. The van der Waals surface area contributed by atoms with Gasteiger partial charge in [-0.1, -0.05) is 42.7 Å². The van der Waals surface area contributed by atoms with Gasteiger partial charge in [0.05, 0.1) is 0 Å². The van der Waals surface area contributed by atoms with Crippen LogP contribution in [0.4, 0.5) is 5.69 Å². The first-order chi connectivity index (χ1) is 15.7. The number of anilines is 1. The van der Waals surface area contributed by atoms with Crippen LogP contribution in [0.25, 0.3) is 5.57 Å². The van der Waals surface area contributed by atoms with Crippen LogP contribution in [-0.4, -0.2) is 43.0 Å². The number of nitrogens with zero attached hydrogens (tertiary/aromatic N) is 1. The van der Waals surface area contributed by atoms with Gasteiger partial charge in [-0.2, -0.15) is 0 Å². The third kappa shape index (κ3) is 5.24. The van der Waals surface area contributed by atoms with Crippen LogP contribution in [0, 0.1) is 0 Å². The molecule has 4 rings (SSSR count). The average Bonchev–Trinajstić information content (AvgIpc) is 3.34. The Kier molecular flexibility index (Phi) is 7.64. The van der Waals surface area contributed by atoms with Gasteiger partial charge >= 0.3 is 0 Å². The number of amides is 1. The number of carbonyl (C=O) groups is 1. The van der Waals surface area contributed by atoms with Crippen molar-refractivity contribution in [3.8, 4) is 0 Å². The van der Waals surface area contributed by atoms with Crippen molar-refractivity contribution in [2.75, 3.05) is 31.5 Å². The van der Waals surface area contributed by atoms with E-state index in [-0.39, 0.29) is 5.91 Å². The van der Waals surface area contributed by atoms with Gasteiger partial charge in [0, 0.05) is 30.4 Å². The molecule has 0 unspecified atom stereocenters. The summed E-state index contributed by atoms with van der Waals surface area (Å²) in [6.07, 6.45) is 7.33. The first-order valence-corrected chi connectivity index (χ1v) is 12.4. The minimum atomic E-state index is 0.111. The Morgan fingerprint density at radius 2 is 1.59 bits per heavy atom. The molecule has 1 saturated carbocycles. The summed E-state index contributed by atoms with van der Waals surface area (Å²) in [4.78, 5) is 14.6. The van der Waals surface area contributed by atoms with Gasteiger partial charge in [0.25, 0.3) is 5.91 Å². The second-order valence-corrected chi connectivity index (χ2v) is 8.99. The monoisotopic (exact) mass is 431 g/mol. The van der Waals surface area contributed by atoms with Crippen molar-refractivity contribution in [1.29, 1.82) is 0 Å². The zero-order valence-corrected chi connectivity index (χ0v) is 19.6. The molecular formula is C28H37N3O. The zero-order valence-electron chi connectivity index (χ0n) is 19.6. The SMILES string of the molecule is CCN(CC)C(=O)c1ccc(C(=C2CCNCC2)c2cccc(NC3CCCC3)c2)cc1. The van der Waals surface area contributed by atoms with Crippen LogP contribution >= 0.6 is 0 Å². The Balaban J connectivity index is 1.66. The van der Waals surface area contributed by atoms with Gasteiger partial charge in [0.15, 0.2) is 0 Å². The van der Waals surface area contributed by atoms with E-state index in [1.54, 1.807) is 0 Å². The minimum absolute atomic E-state index is 0.111. The summed E-state index contributed by atoms with van der Waals surface area (Å²) in [6, 6.07) is 17.8. The molecule has 0 aromatic heterocycles. The average molecular weight is 432 g/mol. The zero-order chi connectivity index (χ0) is 22.3. The summed E-state index contributed by atoms with van der Waals surface area (Å²) in [5, 5.41) is 7.24. The van der Waals surface area contributed by atoms with Crippen LogP contribution in [0.15, 0.2) is 54.1 Å². The topological polar surface area (TPSA) is 44.4 Å². The van der Waals surface area contributed by atoms with Crippen LogP contribution in [-0.2, 0) is 0 Å². The van der Waals surface area contributed by atoms with E-state index < -0.39 is 0 Å². The Labute approximate surface area is 193 Å². The minimum Gasteiger partial charge on any atom is -0.382 e. The number of hydrogen-bond acceptors (Lipinski definition) is 3. The lowest BCUT2D eigenvalue weighted by molar-refractivity contribution is 0.0773. The van der Waals surface area contributed by atoms with Crippen molar-refractivity contribution in [3.63, 3.8) is 0 Å². The van der Waals surface area contributed by atoms with E-state index in [0.29, 0.717) is 6.04 Å². The molecule has 1 saturated heterocycles. The van der Waals surface area contributed by atoms with Gasteiger partial charge in [-0.15, -0.1) is 0 Å². The molecule has 2 aliphatic rings. The summed E-state index contributed by atoms with van der Waals surface area (Å²) in [5.41, 5.74) is 7.30. The van der Waals surface area contributed by atoms with E-state index in [1.807, 2.05) is 30.9 Å². The van der Waals surface area contributed by atoms with Gasteiger partial charge in [-0.25, -0.2) is 0 Å². The summed E-state index contributed by atoms with van der Waals surface area (Å²) in [5.74, 6) is 0.111.